The van der Waals surface area contributed by atoms with Crippen LogP contribution in [0.25, 0.3) is 0 Å². The lowest BCUT2D eigenvalue weighted by Crippen LogP contribution is -2.38. The molecule has 0 fully saturated rings. The minimum atomic E-state index is -4.43. The van der Waals surface area contributed by atoms with Crippen LogP contribution in [0.15, 0.2) is 54.6 Å². The second-order valence-electron chi connectivity index (χ2n) is 15.2. The predicted molar refractivity (Wildman–Crippen MR) is 209 cm³/mol. The number of alkyl halides is 6. The molecule has 0 bridgehead atoms. The lowest BCUT2D eigenvalue weighted by Gasteiger charge is -2.28. The first-order chi connectivity index (χ1) is 25.9. The molecule has 3 aromatic carbocycles. The SMILES string of the molecule is CC(C)(C)OC(=O)NC1COCc2ccc(C(F)(F)F)cc21.CC(C)(C)OC(=O)NC1COCc2ccc(I)cc21.Cl.NC1COCc2ccc(C(F)(F)F)cc21. The van der Waals surface area contributed by atoms with Crippen molar-refractivity contribution in [2.45, 2.75) is 103 Å². The number of nitrogens with two attached hydrogens (primary N) is 1. The summed E-state index contributed by atoms with van der Waals surface area (Å²) in [5, 5.41) is 5.43. The highest BCUT2D eigenvalue weighted by Crippen LogP contribution is 2.35. The second kappa shape index (κ2) is 19.6. The van der Waals surface area contributed by atoms with Gasteiger partial charge >= 0.3 is 24.5 Å². The van der Waals surface area contributed by atoms with E-state index in [0.717, 1.165) is 44.5 Å². The molecule has 0 aliphatic carbocycles. The van der Waals surface area contributed by atoms with Gasteiger partial charge in [-0.05, 0) is 134 Å². The van der Waals surface area contributed by atoms with Crippen molar-refractivity contribution >= 4 is 47.2 Å². The van der Waals surface area contributed by atoms with Crippen molar-refractivity contribution in [1.29, 1.82) is 0 Å². The lowest BCUT2D eigenvalue weighted by molar-refractivity contribution is -0.138. The highest BCUT2D eigenvalue weighted by Gasteiger charge is 2.34. The fourth-order valence-corrected chi connectivity index (χ4v) is 6.29. The van der Waals surface area contributed by atoms with Gasteiger partial charge in [-0.2, -0.15) is 26.3 Å². The number of nitrogens with one attached hydrogen (secondary N) is 2. The van der Waals surface area contributed by atoms with Crippen molar-refractivity contribution in [2.75, 3.05) is 19.8 Å². The van der Waals surface area contributed by atoms with Crippen molar-refractivity contribution in [2.24, 2.45) is 5.73 Å². The van der Waals surface area contributed by atoms with Crippen molar-refractivity contribution in [3.63, 3.8) is 0 Å². The number of benzene rings is 3. The van der Waals surface area contributed by atoms with E-state index in [-0.39, 0.29) is 38.3 Å². The van der Waals surface area contributed by atoms with Crippen LogP contribution in [0.1, 0.15) is 104 Å². The summed E-state index contributed by atoms with van der Waals surface area (Å²) in [5.41, 5.74) is 7.63. The molecule has 3 heterocycles. The molecule has 3 atom stereocenters. The van der Waals surface area contributed by atoms with Gasteiger partial charge in [0.25, 0.3) is 0 Å². The molecule has 3 aliphatic heterocycles. The van der Waals surface area contributed by atoms with Crippen molar-refractivity contribution < 1.29 is 59.6 Å². The summed E-state index contributed by atoms with van der Waals surface area (Å²) < 4.78 is 103. The summed E-state index contributed by atoms with van der Waals surface area (Å²) in [6.07, 6.45) is -9.84. The molecule has 18 heteroatoms. The average Bonchev–Trinajstić information content (AvgIpc) is 3.07. The number of carbonyl (C=O) groups is 2. The zero-order chi connectivity index (χ0) is 41.6. The second-order valence-corrected chi connectivity index (χ2v) is 16.5. The number of hydrogen-bond donors (Lipinski definition) is 3. The number of rotatable bonds is 2. The maximum atomic E-state index is 12.8. The maximum absolute atomic E-state index is 12.8. The Morgan fingerprint density at radius 3 is 1.42 bits per heavy atom. The van der Waals surface area contributed by atoms with Crippen molar-refractivity contribution in [3.05, 3.63) is 103 Å². The Bertz CT molecular complexity index is 1850. The van der Waals surface area contributed by atoms with Crippen LogP contribution >= 0.6 is 35.0 Å². The first-order valence-corrected chi connectivity index (χ1v) is 18.6. The molecule has 3 unspecified atom stereocenters. The minimum absolute atomic E-state index is 0. The van der Waals surface area contributed by atoms with Gasteiger partial charge in [-0.3, -0.25) is 0 Å². The quantitative estimate of drug-likeness (QED) is 0.171. The molecule has 3 aromatic rings. The van der Waals surface area contributed by atoms with Crippen molar-refractivity contribution in [3.8, 4) is 0 Å². The van der Waals surface area contributed by atoms with Gasteiger partial charge in [0.15, 0.2) is 0 Å². The molecule has 3 aliphatic rings. The fraction of sp³-hybridized carbons (Fsp3) is 0.487. The van der Waals surface area contributed by atoms with E-state index in [9.17, 15) is 35.9 Å². The van der Waals surface area contributed by atoms with Gasteiger partial charge in [-0.1, -0.05) is 18.2 Å². The third kappa shape index (κ3) is 14.8. The van der Waals surface area contributed by atoms with E-state index in [1.807, 2.05) is 32.9 Å². The Kier molecular flexibility index (Phi) is 16.5. The van der Waals surface area contributed by atoms with E-state index in [1.165, 1.54) is 12.1 Å². The fourth-order valence-electron chi connectivity index (χ4n) is 5.77. The summed E-state index contributed by atoms with van der Waals surface area (Å²) >= 11 is 2.27. The van der Waals surface area contributed by atoms with Crippen molar-refractivity contribution in [1.82, 2.24) is 10.6 Å². The molecule has 0 spiro atoms. The number of hydrogen-bond acceptors (Lipinski definition) is 8. The molecule has 0 aromatic heterocycles. The summed E-state index contributed by atoms with van der Waals surface area (Å²) in [7, 11) is 0. The zero-order valence-electron chi connectivity index (χ0n) is 32.2. The van der Waals surface area contributed by atoms with Crippen LogP contribution < -0.4 is 16.4 Å². The summed E-state index contributed by atoms with van der Waals surface area (Å²) in [6.45, 7) is 12.7. The monoisotopic (exact) mass is 945 g/mol. The van der Waals surface area contributed by atoms with Crippen LogP contribution in [0.2, 0.25) is 0 Å². The Labute approximate surface area is 347 Å². The molecule has 316 valence electrons. The van der Waals surface area contributed by atoms with Gasteiger partial charge in [0.1, 0.15) is 11.2 Å². The predicted octanol–water partition coefficient (Wildman–Crippen LogP) is 9.85. The topological polar surface area (TPSA) is 130 Å². The summed E-state index contributed by atoms with van der Waals surface area (Å²) in [5.74, 6) is 0. The van der Waals surface area contributed by atoms with E-state index in [0.29, 0.717) is 36.5 Å². The summed E-state index contributed by atoms with van der Waals surface area (Å²) in [4.78, 5) is 23.6. The molecule has 0 saturated heterocycles. The van der Waals surface area contributed by atoms with Crippen LogP contribution in [0.5, 0.6) is 0 Å². The molecule has 2 amide bonds. The number of alkyl carbamates (subject to hydrolysis) is 2. The van der Waals surface area contributed by atoms with E-state index in [2.05, 4.69) is 39.3 Å². The number of halogens is 8. The van der Waals surface area contributed by atoms with Gasteiger partial charge in [0.05, 0.1) is 68.9 Å². The van der Waals surface area contributed by atoms with Gasteiger partial charge in [0.2, 0.25) is 0 Å². The maximum Gasteiger partial charge on any atom is 0.416 e. The molecule has 4 N–H and O–H groups in total. The number of amides is 2. The third-order valence-corrected chi connectivity index (χ3v) is 8.90. The standard InChI is InChI=1S/C15H18F3NO3.C14H18INO3.C10H10F3NO.ClH/c1-14(2,3)22-13(20)19-12-8-21-7-9-4-5-10(6-11(9)12)15(16,17)18;1-14(2,3)19-13(17)16-12-8-18-7-9-4-5-10(15)6-11(9)12;11-10(12,13)7-2-1-6-4-15-5-9(14)8(6)3-7;/h4-6,12H,7-8H2,1-3H3,(H,19,20);4-6,12H,7-8H2,1-3H3,(H,16,17);1-3,9H,4-5,14H2;1H. The lowest BCUT2D eigenvalue weighted by atomic mass is 9.96. The molecule has 57 heavy (non-hydrogen) atoms. The van der Waals surface area contributed by atoms with E-state index in [4.69, 9.17) is 29.4 Å². The van der Waals surface area contributed by atoms with Gasteiger partial charge < -0.3 is 40.1 Å². The molecule has 6 rings (SSSR count). The van der Waals surface area contributed by atoms with Gasteiger partial charge in [0, 0.05) is 3.57 Å². The smallest absolute Gasteiger partial charge is 0.416 e. The van der Waals surface area contributed by atoms with Crippen LogP contribution in [-0.2, 0) is 55.9 Å². The van der Waals surface area contributed by atoms with Crippen LogP contribution in [0.4, 0.5) is 35.9 Å². The van der Waals surface area contributed by atoms with Gasteiger partial charge in [-0.15, -0.1) is 12.4 Å². The molecule has 0 radical (unpaired) electrons. The van der Waals surface area contributed by atoms with Crippen LogP contribution in [0, 0.1) is 3.57 Å². The number of fused-ring (bicyclic) bond motifs is 3. The first-order valence-electron chi connectivity index (χ1n) is 17.6. The van der Waals surface area contributed by atoms with E-state index < -0.39 is 59.0 Å². The number of carbonyl (C=O) groups excluding carboxylic acids is 2. The molecule has 10 nitrogen and oxygen atoms in total. The van der Waals surface area contributed by atoms with Crippen LogP contribution in [0.3, 0.4) is 0 Å². The largest absolute Gasteiger partial charge is 0.444 e. The van der Waals surface area contributed by atoms with Crippen LogP contribution in [-0.4, -0.2) is 43.2 Å². The summed E-state index contributed by atoms with van der Waals surface area (Å²) in [6, 6.07) is 11.9. The number of ether oxygens (including phenoxy) is 5. The Morgan fingerprint density at radius 1 is 0.632 bits per heavy atom. The highest BCUT2D eigenvalue weighted by atomic mass is 127. The first kappa shape index (κ1) is 48.0. The molecular formula is C39H47ClF6IN3O7. The minimum Gasteiger partial charge on any atom is -0.444 e. The normalized spacial score (nSPS) is 18.9. The average molecular weight is 946 g/mol. The molecule has 0 saturated carbocycles. The Morgan fingerprint density at radius 2 is 1.00 bits per heavy atom. The van der Waals surface area contributed by atoms with E-state index >= 15 is 0 Å². The zero-order valence-corrected chi connectivity index (χ0v) is 35.1. The third-order valence-electron chi connectivity index (χ3n) is 8.23. The highest BCUT2D eigenvalue weighted by molar-refractivity contribution is 14.1. The molecular weight excluding hydrogens is 899 g/mol. The van der Waals surface area contributed by atoms with E-state index in [1.54, 1.807) is 20.8 Å². The van der Waals surface area contributed by atoms with Gasteiger partial charge in [-0.25, -0.2) is 9.59 Å². The Hall–Kier alpha value is -3.36. The Balaban J connectivity index is 0.000000231.